The Kier molecular flexibility index (Phi) is 3.92. The van der Waals surface area contributed by atoms with Crippen molar-refractivity contribution in [1.29, 1.82) is 0 Å². The Bertz CT molecular complexity index is 489. The molecule has 4 heteroatoms. The first-order chi connectivity index (χ1) is 9.72. The SMILES string of the molecule is O=C(Cc1ccccc1O)NC1CC[C@H]2CNC[C@H]2C1. The topological polar surface area (TPSA) is 61.4 Å². The quantitative estimate of drug-likeness (QED) is 0.781. The van der Waals surface area contributed by atoms with E-state index >= 15 is 0 Å². The van der Waals surface area contributed by atoms with Gasteiger partial charge in [-0.3, -0.25) is 4.79 Å². The molecule has 1 unspecified atom stereocenters. The molecule has 0 spiro atoms. The Morgan fingerprint density at radius 1 is 1.25 bits per heavy atom. The van der Waals surface area contributed by atoms with Crippen molar-refractivity contribution in [3.8, 4) is 5.75 Å². The molecule has 3 atom stereocenters. The van der Waals surface area contributed by atoms with Crippen LogP contribution in [-0.4, -0.2) is 30.1 Å². The Morgan fingerprint density at radius 2 is 2.05 bits per heavy atom. The molecule has 108 valence electrons. The number of amides is 1. The van der Waals surface area contributed by atoms with Gasteiger partial charge in [0.1, 0.15) is 5.75 Å². The normalized spacial score (nSPS) is 28.9. The van der Waals surface area contributed by atoms with Crippen LogP contribution in [0.1, 0.15) is 24.8 Å². The molecule has 1 aromatic carbocycles. The molecule has 1 aliphatic heterocycles. The van der Waals surface area contributed by atoms with E-state index < -0.39 is 0 Å². The molecule has 1 aliphatic carbocycles. The number of fused-ring (bicyclic) bond motifs is 1. The molecule has 2 aliphatic rings. The molecular weight excluding hydrogens is 252 g/mol. The third-order valence-corrected chi connectivity index (χ3v) is 4.66. The molecule has 1 heterocycles. The molecule has 0 aromatic heterocycles. The Balaban J connectivity index is 1.53. The standard InChI is InChI=1S/C16H22N2O2/c19-15-4-2-1-3-11(15)8-16(20)18-14-6-5-12-9-17-10-13(12)7-14/h1-4,12-14,17,19H,5-10H2,(H,18,20)/t12-,13+,14?/m0/s1. The number of aromatic hydroxyl groups is 1. The molecule has 1 saturated heterocycles. The minimum absolute atomic E-state index is 0.0147. The number of carbonyl (C=O) groups is 1. The van der Waals surface area contributed by atoms with Crippen LogP contribution in [-0.2, 0) is 11.2 Å². The van der Waals surface area contributed by atoms with E-state index in [0.717, 1.165) is 37.8 Å². The average Bonchev–Trinajstić information content (AvgIpc) is 2.89. The zero-order valence-electron chi connectivity index (χ0n) is 11.6. The summed E-state index contributed by atoms with van der Waals surface area (Å²) in [5, 5.41) is 16.3. The minimum atomic E-state index is 0.0147. The van der Waals surface area contributed by atoms with Crippen LogP contribution in [0.2, 0.25) is 0 Å². The highest BCUT2D eigenvalue weighted by Crippen LogP contribution is 2.32. The number of phenolic OH excluding ortho intramolecular Hbond substituents is 1. The average molecular weight is 274 g/mol. The van der Waals surface area contributed by atoms with Gasteiger partial charge in [0.25, 0.3) is 0 Å². The van der Waals surface area contributed by atoms with Gasteiger partial charge in [0, 0.05) is 11.6 Å². The first kappa shape index (κ1) is 13.4. The second-order valence-corrected chi connectivity index (χ2v) is 6.06. The van der Waals surface area contributed by atoms with Gasteiger partial charge < -0.3 is 15.7 Å². The molecule has 0 radical (unpaired) electrons. The smallest absolute Gasteiger partial charge is 0.224 e. The summed E-state index contributed by atoms with van der Waals surface area (Å²) in [4.78, 5) is 12.1. The summed E-state index contributed by atoms with van der Waals surface area (Å²) in [6.07, 6.45) is 3.63. The lowest BCUT2D eigenvalue weighted by molar-refractivity contribution is -0.121. The van der Waals surface area contributed by atoms with Crippen molar-refractivity contribution in [2.75, 3.05) is 13.1 Å². The van der Waals surface area contributed by atoms with Gasteiger partial charge in [0.2, 0.25) is 5.91 Å². The number of rotatable bonds is 3. The van der Waals surface area contributed by atoms with Crippen LogP contribution >= 0.6 is 0 Å². The number of hydrogen-bond acceptors (Lipinski definition) is 3. The number of para-hydroxylation sites is 1. The largest absolute Gasteiger partial charge is 0.508 e. The van der Waals surface area contributed by atoms with Crippen LogP contribution in [0, 0.1) is 11.8 Å². The molecule has 1 saturated carbocycles. The van der Waals surface area contributed by atoms with E-state index in [9.17, 15) is 9.90 Å². The van der Waals surface area contributed by atoms with E-state index in [0.29, 0.717) is 11.6 Å². The maximum atomic E-state index is 12.1. The second kappa shape index (κ2) is 5.83. The second-order valence-electron chi connectivity index (χ2n) is 6.06. The number of carbonyl (C=O) groups excluding carboxylic acids is 1. The van der Waals surface area contributed by atoms with Crippen molar-refractivity contribution in [3.63, 3.8) is 0 Å². The van der Waals surface area contributed by atoms with Gasteiger partial charge in [0.05, 0.1) is 6.42 Å². The van der Waals surface area contributed by atoms with E-state index in [4.69, 9.17) is 0 Å². The molecule has 2 fully saturated rings. The summed E-state index contributed by atoms with van der Waals surface area (Å²) in [5.74, 6) is 1.74. The molecule has 1 amide bonds. The number of nitrogens with one attached hydrogen (secondary N) is 2. The van der Waals surface area contributed by atoms with Crippen molar-refractivity contribution >= 4 is 5.91 Å². The van der Waals surface area contributed by atoms with Crippen LogP contribution in [0.5, 0.6) is 5.75 Å². The molecule has 1 aromatic rings. The van der Waals surface area contributed by atoms with Crippen LogP contribution < -0.4 is 10.6 Å². The summed E-state index contributed by atoms with van der Waals surface area (Å²) in [5.41, 5.74) is 0.696. The van der Waals surface area contributed by atoms with Crippen molar-refractivity contribution in [1.82, 2.24) is 10.6 Å². The highest BCUT2D eigenvalue weighted by atomic mass is 16.3. The Labute approximate surface area is 119 Å². The number of hydrogen-bond donors (Lipinski definition) is 3. The highest BCUT2D eigenvalue weighted by molar-refractivity contribution is 5.79. The summed E-state index contributed by atoms with van der Waals surface area (Å²) >= 11 is 0. The lowest BCUT2D eigenvalue weighted by atomic mass is 9.79. The maximum absolute atomic E-state index is 12.1. The van der Waals surface area contributed by atoms with Crippen molar-refractivity contribution in [3.05, 3.63) is 29.8 Å². The highest BCUT2D eigenvalue weighted by Gasteiger charge is 2.34. The van der Waals surface area contributed by atoms with Gasteiger partial charge in [-0.1, -0.05) is 18.2 Å². The first-order valence-electron chi connectivity index (χ1n) is 7.49. The number of benzene rings is 1. The van der Waals surface area contributed by atoms with Crippen LogP contribution in [0.3, 0.4) is 0 Å². The molecule has 20 heavy (non-hydrogen) atoms. The zero-order chi connectivity index (χ0) is 13.9. The van der Waals surface area contributed by atoms with E-state index in [1.807, 2.05) is 6.07 Å². The predicted molar refractivity (Wildman–Crippen MR) is 77.4 cm³/mol. The monoisotopic (exact) mass is 274 g/mol. The van der Waals surface area contributed by atoms with Gasteiger partial charge in [-0.25, -0.2) is 0 Å². The summed E-state index contributed by atoms with van der Waals surface area (Å²) in [7, 11) is 0. The zero-order valence-corrected chi connectivity index (χ0v) is 11.6. The fraction of sp³-hybridized carbons (Fsp3) is 0.562. The summed E-state index contributed by atoms with van der Waals surface area (Å²) in [6, 6.07) is 7.34. The summed E-state index contributed by atoms with van der Waals surface area (Å²) in [6.45, 7) is 2.24. The van der Waals surface area contributed by atoms with Gasteiger partial charge in [0.15, 0.2) is 0 Å². The fourth-order valence-electron chi connectivity index (χ4n) is 3.54. The number of phenols is 1. The van der Waals surface area contributed by atoms with Crippen LogP contribution in [0.25, 0.3) is 0 Å². The van der Waals surface area contributed by atoms with Crippen molar-refractivity contribution in [2.45, 2.75) is 31.7 Å². The van der Waals surface area contributed by atoms with Crippen LogP contribution in [0.15, 0.2) is 24.3 Å². The van der Waals surface area contributed by atoms with Crippen molar-refractivity contribution in [2.24, 2.45) is 11.8 Å². The molecule has 3 rings (SSSR count). The minimum Gasteiger partial charge on any atom is -0.508 e. The molecular formula is C16H22N2O2. The Hall–Kier alpha value is -1.55. The Morgan fingerprint density at radius 3 is 2.90 bits per heavy atom. The van der Waals surface area contributed by atoms with E-state index in [2.05, 4.69) is 10.6 Å². The molecule has 3 N–H and O–H groups in total. The molecule has 0 bridgehead atoms. The lowest BCUT2D eigenvalue weighted by Crippen LogP contribution is -2.41. The third-order valence-electron chi connectivity index (χ3n) is 4.66. The van der Waals surface area contributed by atoms with Gasteiger partial charge in [-0.2, -0.15) is 0 Å². The van der Waals surface area contributed by atoms with E-state index in [1.165, 1.54) is 6.42 Å². The lowest BCUT2D eigenvalue weighted by Gasteiger charge is -2.31. The van der Waals surface area contributed by atoms with E-state index in [1.54, 1.807) is 18.2 Å². The first-order valence-corrected chi connectivity index (χ1v) is 7.49. The maximum Gasteiger partial charge on any atom is 0.224 e. The van der Waals surface area contributed by atoms with Gasteiger partial charge >= 0.3 is 0 Å². The predicted octanol–water partition coefficient (Wildman–Crippen LogP) is 1.44. The third kappa shape index (κ3) is 2.96. The van der Waals surface area contributed by atoms with E-state index in [-0.39, 0.29) is 18.1 Å². The van der Waals surface area contributed by atoms with Gasteiger partial charge in [-0.15, -0.1) is 0 Å². The fourth-order valence-corrected chi connectivity index (χ4v) is 3.54. The van der Waals surface area contributed by atoms with Crippen LogP contribution in [0.4, 0.5) is 0 Å². The summed E-state index contributed by atoms with van der Waals surface area (Å²) < 4.78 is 0. The van der Waals surface area contributed by atoms with Crippen molar-refractivity contribution < 1.29 is 9.90 Å². The molecule has 4 nitrogen and oxygen atoms in total. The van der Waals surface area contributed by atoms with Gasteiger partial charge in [-0.05, 0) is 50.3 Å².